The molecule has 0 saturated carbocycles. The minimum atomic E-state index is -0.273. The Morgan fingerprint density at radius 1 is 1.09 bits per heavy atom. The molecular formula is C25H26FN5OS. The summed E-state index contributed by atoms with van der Waals surface area (Å²) in [6.45, 7) is 7.64. The Bertz CT molecular complexity index is 1320. The van der Waals surface area contributed by atoms with Gasteiger partial charge >= 0.3 is 0 Å². The van der Waals surface area contributed by atoms with E-state index in [2.05, 4.69) is 15.3 Å². The van der Waals surface area contributed by atoms with Gasteiger partial charge in [-0.1, -0.05) is 29.0 Å². The highest BCUT2D eigenvalue weighted by atomic mass is 32.1. The van der Waals surface area contributed by atoms with Gasteiger partial charge < -0.3 is 10.2 Å². The van der Waals surface area contributed by atoms with Gasteiger partial charge in [0.2, 0.25) is 0 Å². The molecule has 1 N–H and O–H groups in total. The molecule has 1 saturated heterocycles. The molecule has 170 valence electrons. The molecule has 0 atom stereocenters. The quantitative estimate of drug-likeness (QED) is 0.465. The normalized spacial score (nSPS) is 14.7. The van der Waals surface area contributed by atoms with Crippen molar-refractivity contribution in [3.05, 3.63) is 70.7 Å². The molecule has 0 aliphatic carbocycles. The smallest absolute Gasteiger partial charge is 0.251 e. The van der Waals surface area contributed by atoms with E-state index in [0.717, 1.165) is 69.5 Å². The first-order valence-corrected chi connectivity index (χ1v) is 12.0. The van der Waals surface area contributed by atoms with Gasteiger partial charge in [-0.25, -0.2) is 9.07 Å². The molecule has 0 bridgehead atoms. The Balaban J connectivity index is 1.28. The van der Waals surface area contributed by atoms with Crippen molar-refractivity contribution in [3.63, 3.8) is 0 Å². The molecule has 0 unspecified atom stereocenters. The zero-order chi connectivity index (χ0) is 23.1. The van der Waals surface area contributed by atoms with Crippen LogP contribution in [0.4, 0.5) is 9.52 Å². The zero-order valence-electron chi connectivity index (χ0n) is 18.9. The molecule has 2 aromatic heterocycles. The van der Waals surface area contributed by atoms with Crippen molar-refractivity contribution in [2.45, 2.75) is 39.7 Å². The monoisotopic (exact) mass is 463 g/mol. The number of carbonyl (C=O) groups excluding carboxylic acids is 1. The number of rotatable bonds is 4. The van der Waals surface area contributed by atoms with Crippen LogP contribution in [-0.4, -0.2) is 39.8 Å². The number of thiazole rings is 1. The van der Waals surface area contributed by atoms with Crippen LogP contribution >= 0.6 is 11.3 Å². The Hall–Kier alpha value is -3.26. The molecule has 5 rings (SSSR count). The Labute approximate surface area is 196 Å². The predicted molar refractivity (Wildman–Crippen MR) is 130 cm³/mol. The second kappa shape index (κ2) is 8.59. The molecule has 3 heterocycles. The number of benzene rings is 2. The summed E-state index contributed by atoms with van der Waals surface area (Å²) in [7, 11) is 0. The van der Waals surface area contributed by atoms with E-state index in [1.165, 1.54) is 12.1 Å². The molecule has 4 aromatic rings. The number of aromatic nitrogens is 3. The minimum absolute atomic E-state index is 0.000881. The lowest BCUT2D eigenvalue weighted by molar-refractivity contribution is 0.0930. The molecule has 1 amide bonds. The highest BCUT2D eigenvalue weighted by Gasteiger charge is 2.25. The van der Waals surface area contributed by atoms with Crippen LogP contribution in [-0.2, 0) is 0 Å². The van der Waals surface area contributed by atoms with Gasteiger partial charge in [-0.05, 0) is 69.5 Å². The van der Waals surface area contributed by atoms with Crippen LogP contribution in [0.3, 0.4) is 0 Å². The van der Waals surface area contributed by atoms with Crippen LogP contribution in [0.5, 0.6) is 0 Å². The standard InChI is InChI=1S/C25H26FN5OS/c1-15-4-9-21(16(2)14-15)24(32)27-19-10-12-30(13-11-19)25-28-23-22(33-25)17(3)29-31(23)20-7-5-18(26)6-8-20/h4-9,14,19H,10-13H2,1-3H3,(H,27,32). The van der Waals surface area contributed by atoms with Crippen molar-refractivity contribution < 1.29 is 9.18 Å². The second-order valence-electron chi connectivity index (χ2n) is 8.68. The number of nitrogens with zero attached hydrogens (tertiary/aromatic N) is 4. The fraction of sp³-hybridized carbons (Fsp3) is 0.320. The number of amides is 1. The zero-order valence-corrected chi connectivity index (χ0v) is 19.7. The second-order valence-corrected chi connectivity index (χ2v) is 9.65. The van der Waals surface area contributed by atoms with Crippen molar-refractivity contribution in [2.24, 2.45) is 0 Å². The largest absolute Gasteiger partial charge is 0.349 e. The van der Waals surface area contributed by atoms with Crippen LogP contribution in [0.1, 0.15) is 40.0 Å². The number of anilines is 1. The molecular weight excluding hydrogens is 437 g/mol. The fourth-order valence-electron chi connectivity index (χ4n) is 4.37. The minimum Gasteiger partial charge on any atom is -0.349 e. The predicted octanol–water partition coefficient (Wildman–Crippen LogP) is 4.95. The van der Waals surface area contributed by atoms with Gasteiger partial charge in [0.05, 0.1) is 16.1 Å². The molecule has 33 heavy (non-hydrogen) atoms. The van der Waals surface area contributed by atoms with E-state index in [9.17, 15) is 9.18 Å². The van der Waals surface area contributed by atoms with Crippen molar-refractivity contribution >= 4 is 32.7 Å². The lowest BCUT2D eigenvalue weighted by Crippen LogP contribution is -2.44. The maximum atomic E-state index is 13.3. The van der Waals surface area contributed by atoms with Crippen LogP contribution in [0.25, 0.3) is 16.0 Å². The first-order chi connectivity index (χ1) is 15.9. The van der Waals surface area contributed by atoms with Crippen LogP contribution in [0, 0.1) is 26.6 Å². The summed E-state index contributed by atoms with van der Waals surface area (Å²) in [5.74, 6) is -0.272. The first kappa shape index (κ1) is 21.6. The van der Waals surface area contributed by atoms with Gasteiger partial charge in [0.15, 0.2) is 10.8 Å². The molecule has 2 aromatic carbocycles. The van der Waals surface area contributed by atoms with E-state index in [1.54, 1.807) is 28.2 Å². The summed E-state index contributed by atoms with van der Waals surface area (Å²) in [6, 6.07) is 12.4. The highest BCUT2D eigenvalue weighted by molar-refractivity contribution is 7.22. The van der Waals surface area contributed by atoms with E-state index in [0.29, 0.717) is 0 Å². The third kappa shape index (κ3) is 4.23. The summed E-state index contributed by atoms with van der Waals surface area (Å²) >= 11 is 1.63. The number of fused-ring (bicyclic) bond motifs is 1. The topological polar surface area (TPSA) is 63.1 Å². The molecule has 1 aliphatic heterocycles. The van der Waals surface area contributed by atoms with E-state index >= 15 is 0 Å². The van der Waals surface area contributed by atoms with Gasteiger partial charge in [0.25, 0.3) is 5.91 Å². The highest BCUT2D eigenvalue weighted by Crippen LogP contribution is 2.33. The van der Waals surface area contributed by atoms with Gasteiger partial charge in [-0.2, -0.15) is 10.1 Å². The van der Waals surface area contributed by atoms with Crippen molar-refractivity contribution in [3.8, 4) is 5.69 Å². The maximum absolute atomic E-state index is 13.3. The molecule has 1 aliphatic rings. The van der Waals surface area contributed by atoms with Crippen molar-refractivity contribution in [1.29, 1.82) is 0 Å². The summed E-state index contributed by atoms with van der Waals surface area (Å²) in [5, 5.41) is 8.76. The average molecular weight is 464 g/mol. The maximum Gasteiger partial charge on any atom is 0.251 e. The van der Waals surface area contributed by atoms with Gasteiger partial charge in [-0.15, -0.1) is 0 Å². The average Bonchev–Trinajstić information content (AvgIpc) is 3.35. The van der Waals surface area contributed by atoms with Crippen molar-refractivity contribution in [2.75, 3.05) is 18.0 Å². The fourth-order valence-corrected chi connectivity index (χ4v) is 5.41. The number of halogens is 1. The first-order valence-electron chi connectivity index (χ1n) is 11.1. The number of piperidine rings is 1. The van der Waals surface area contributed by atoms with Gasteiger partial charge in [0, 0.05) is 24.7 Å². The van der Waals surface area contributed by atoms with E-state index < -0.39 is 0 Å². The van der Waals surface area contributed by atoms with Crippen LogP contribution in [0.15, 0.2) is 42.5 Å². The number of carbonyl (C=O) groups is 1. The summed E-state index contributed by atoms with van der Waals surface area (Å²) in [4.78, 5) is 19.9. The third-order valence-corrected chi connectivity index (χ3v) is 7.39. The van der Waals surface area contributed by atoms with Gasteiger partial charge in [-0.3, -0.25) is 4.79 Å². The van der Waals surface area contributed by atoms with Crippen molar-refractivity contribution in [1.82, 2.24) is 20.1 Å². The SMILES string of the molecule is Cc1ccc(C(=O)NC2CCN(c3nc4c(s3)c(C)nn4-c3ccc(F)cc3)CC2)c(C)c1. The van der Waals surface area contributed by atoms with Crippen LogP contribution in [0.2, 0.25) is 0 Å². The van der Waals surface area contributed by atoms with E-state index in [4.69, 9.17) is 4.98 Å². The Morgan fingerprint density at radius 2 is 1.82 bits per heavy atom. The molecule has 6 nitrogen and oxygen atoms in total. The lowest BCUT2D eigenvalue weighted by atomic mass is 10.0. The third-order valence-electron chi connectivity index (χ3n) is 6.18. The van der Waals surface area contributed by atoms with Crippen LogP contribution < -0.4 is 10.2 Å². The lowest BCUT2D eigenvalue weighted by Gasteiger charge is -2.32. The summed E-state index contributed by atoms with van der Waals surface area (Å²) in [5.41, 5.74) is 5.41. The Morgan fingerprint density at radius 3 is 2.52 bits per heavy atom. The number of hydrogen-bond acceptors (Lipinski definition) is 5. The number of hydrogen-bond donors (Lipinski definition) is 1. The van der Waals surface area contributed by atoms with Gasteiger partial charge in [0.1, 0.15) is 5.82 Å². The molecule has 1 fully saturated rings. The Kier molecular flexibility index (Phi) is 5.62. The number of aryl methyl sites for hydroxylation is 3. The summed E-state index contributed by atoms with van der Waals surface area (Å²) < 4.78 is 16.2. The molecule has 0 radical (unpaired) electrons. The number of nitrogens with one attached hydrogen (secondary N) is 1. The van der Waals surface area contributed by atoms with E-state index in [1.807, 2.05) is 39.0 Å². The molecule has 0 spiro atoms. The summed E-state index contributed by atoms with van der Waals surface area (Å²) in [6.07, 6.45) is 1.74. The van der Waals surface area contributed by atoms with E-state index in [-0.39, 0.29) is 17.8 Å². The molecule has 8 heteroatoms.